The van der Waals surface area contributed by atoms with E-state index < -0.39 is 5.76 Å². The third kappa shape index (κ3) is 2.10. The molecule has 0 aliphatic heterocycles. The molecular weight excluding hydrogens is 282 g/mol. The minimum Gasteiger partial charge on any atom is -0.419 e. The fraction of sp³-hybridized carbons (Fsp3) is 0.0625. The fourth-order valence-corrected chi connectivity index (χ4v) is 2.31. The van der Waals surface area contributed by atoms with Crippen LogP contribution in [0.3, 0.4) is 0 Å². The molecule has 0 bridgehead atoms. The minimum atomic E-state index is -0.444. The molecule has 0 N–H and O–H groups in total. The average molecular weight is 293 g/mol. The maximum atomic E-state index is 11.9. The first-order valence-corrected chi connectivity index (χ1v) is 6.77. The Hall–Kier alpha value is -3.15. The van der Waals surface area contributed by atoms with Gasteiger partial charge in [-0.1, -0.05) is 30.3 Å². The van der Waals surface area contributed by atoms with Gasteiger partial charge in [0, 0.05) is 5.56 Å². The van der Waals surface area contributed by atoms with E-state index in [1.807, 2.05) is 48.5 Å². The molecule has 6 nitrogen and oxygen atoms in total. The number of rotatable bonds is 3. The second-order valence-electron chi connectivity index (χ2n) is 4.79. The minimum absolute atomic E-state index is 0.176. The highest BCUT2D eigenvalue weighted by Crippen LogP contribution is 2.18. The lowest BCUT2D eigenvalue weighted by Crippen LogP contribution is -2.15. The Bertz CT molecular complexity index is 982. The molecule has 2 aromatic carbocycles. The molecule has 4 rings (SSSR count). The number of oxazole rings is 1. The van der Waals surface area contributed by atoms with Gasteiger partial charge in [0.15, 0.2) is 5.58 Å². The molecule has 0 aliphatic rings. The Balaban J connectivity index is 1.71. The molecular formula is C16H11N3O3. The Kier molecular flexibility index (Phi) is 2.86. The molecule has 0 spiro atoms. The van der Waals surface area contributed by atoms with E-state index in [2.05, 4.69) is 10.2 Å². The van der Waals surface area contributed by atoms with Crippen molar-refractivity contribution in [2.75, 3.05) is 0 Å². The highest BCUT2D eigenvalue weighted by atomic mass is 16.4. The van der Waals surface area contributed by atoms with Gasteiger partial charge in [0.05, 0.1) is 5.52 Å². The summed E-state index contributed by atoms with van der Waals surface area (Å²) in [6, 6.07) is 16.7. The van der Waals surface area contributed by atoms with Crippen LogP contribution in [-0.2, 0) is 6.54 Å². The first kappa shape index (κ1) is 12.6. The average Bonchev–Trinajstić information content (AvgIpc) is 3.14. The first-order chi connectivity index (χ1) is 10.8. The summed E-state index contributed by atoms with van der Waals surface area (Å²) in [5.41, 5.74) is 2.08. The van der Waals surface area contributed by atoms with Crippen molar-refractivity contribution in [1.82, 2.24) is 14.8 Å². The normalized spacial score (nSPS) is 11.1. The largest absolute Gasteiger partial charge is 0.420 e. The molecule has 0 aliphatic carbocycles. The van der Waals surface area contributed by atoms with Crippen LogP contribution in [-0.4, -0.2) is 14.8 Å². The summed E-state index contributed by atoms with van der Waals surface area (Å²) in [6.07, 6.45) is 0. The zero-order chi connectivity index (χ0) is 14.9. The molecule has 108 valence electrons. The molecule has 0 fully saturated rings. The van der Waals surface area contributed by atoms with Crippen molar-refractivity contribution in [3.63, 3.8) is 0 Å². The van der Waals surface area contributed by atoms with Gasteiger partial charge >= 0.3 is 5.76 Å². The van der Waals surface area contributed by atoms with Crippen molar-refractivity contribution in [2.24, 2.45) is 0 Å². The van der Waals surface area contributed by atoms with Gasteiger partial charge in [0.1, 0.15) is 6.54 Å². The lowest BCUT2D eigenvalue weighted by atomic mass is 10.2. The summed E-state index contributed by atoms with van der Waals surface area (Å²) in [5, 5.41) is 8.01. The topological polar surface area (TPSA) is 74.1 Å². The lowest BCUT2D eigenvalue weighted by Gasteiger charge is -1.97. The van der Waals surface area contributed by atoms with Crippen LogP contribution in [0.4, 0.5) is 0 Å². The van der Waals surface area contributed by atoms with Crippen LogP contribution in [0.5, 0.6) is 0 Å². The van der Waals surface area contributed by atoms with Crippen molar-refractivity contribution in [2.45, 2.75) is 6.54 Å². The Morgan fingerprint density at radius 1 is 0.909 bits per heavy atom. The lowest BCUT2D eigenvalue weighted by molar-refractivity contribution is 0.461. The second kappa shape index (κ2) is 5.00. The van der Waals surface area contributed by atoms with Gasteiger partial charge in [-0.2, -0.15) is 0 Å². The Morgan fingerprint density at radius 2 is 1.68 bits per heavy atom. The van der Waals surface area contributed by atoms with Crippen molar-refractivity contribution in [1.29, 1.82) is 0 Å². The summed E-state index contributed by atoms with van der Waals surface area (Å²) in [7, 11) is 0. The van der Waals surface area contributed by atoms with Crippen LogP contribution in [0.15, 0.2) is 68.2 Å². The van der Waals surface area contributed by atoms with Gasteiger partial charge < -0.3 is 8.83 Å². The molecule has 0 saturated heterocycles. The van der Waals surface area contributed by atoms with E-state index >= 15 is 0 Å². The SMILES string of the molecule is O=c1oc2ccccc2n1Cc1nnc(-c2ccccc2)o1. The van der Waals surface area contributed by atoms with E-state index in [4.69, 9.17) is 8.83 Å². The van der Waals surface area contributed by atoms with Crippen LogP contribution >= 0.6 is 0 Å². The predicted octanol–water partition coefficient (Wildman–Crippen LogP) is 2.69. The standard InChI is InChI=1S/C16H11N3O3/c20-16-19(12-8-4-5-9-13(12)21-16)10-14-17-18-15(22-14)11-6-2-1-3-7-11/h1-9H,10H2. The van der Waals surface area contributed by atoms with Gasteiger partial charge in [0.2, 0.25) is 11.8 Å². The van der Waals surface area contributed by atoms with E-state index in [9.17, 15) is 4.79 Å². The molecule has 0 saturated carbocycles. The number of hydrogen-bond acceptors (Lipinski definition) is 5. The van der Waals surface area contributed by atoms with Crippen LogP contribution < -0.4 is 5.76 Å². The summed E-state index contributed by atoms with van der Waals surface area (Å²) < 4.78 is 12.3. The van der Waals surface area contributed by atoms with E-state index in [1.54, 1.807) is 6.07 Å². The zero-order valence-corrected chi connectivity index (χ0v) is 11.5. The fourth-order valence-electron chi connectivity index (χ4n) is 2.31. The molecule has 2 heterocycles. The molecule has 6 heteroatoms. The number of nitrogens with zero attached hydrogens (tertiary/aromatic N) is 3. The summed E-state index contributed by atoms with van der Waals surface area (Å²) in [4.78, 5) is 11.9. The monoisotopic (exact) mass is 293 g/mol. The maximum Gasteiger partial charge on any atom is 0.420 e. The number of aromatic nitrogens is 3. The summed E-state index contributed by atoms with van der Waals surface area (Å²) in [6.45, 7) is 0.176. The molecule has 0 amide bonds. The molecule has 0 atom stereocenters. The molecule has 22 heavy (non-hydrogen) atoms. The third-order valence-electron chi connectivity index (χ3n) is 3.35. The highest BCUT2D eigenvalue weighted by Gasteiger charge is 2.13. The van der Waals surface area contributed by atoms with E-state index in [1.165, 1.54) is 4.57 Å². The number of para-hydroxylation sites is 2. The van der Waals surface area contributed by atoms with Gasteiger partial charge in [-0.05, 0) is 24.3 Å². The number of fused-ring (bicyclic) bond motifs is 1. The predicted molar refractivity (Wildman–Crippen MR) is 79.3 cm³/mol. The quantitative estimate of drug-likeness (QED) is 0.580. The van der Waals surface area contributed by atoms with Crippen molar-refractivity contribution >= 4 is 11.1 Å². The van der Waals surface area contributed by atoms with Crippen molar-refractivity contribution in [3.05, 3.63) is 71.0 Å². The van der Waals surface area contributed by atoms with Crippen LogP contribution in [0, 0.1) is 0 Å². The van der Waals surface area contributed by atoms with Crippen LogP contribution in [0.2, 0.25) is 0 Å². The van der Waals surface area contributed by atoms with E-state index in [-0.39, 0.29) is 6.54 Å². The third-order valence-corrected chi connectivity index (χ3v) is 3.35. The smallest absolute Gasteiger partial charge is 0.419 e. The van der Waals surface area contributed by atoms with E-state index in [0.717, 1.165) is 5.56 Å². The highest BCUT2D eigenvalue weighted by molar-refractivity contribution is 5.72. The van der Waals surface area contributed by atoms with Gasteiger partial charge in [0.25, 0.3) is 0 Å². The molecule has 2 aromatic heterocycles. The zero-order valence-electron chi connectivity index (χ0n) is 11.5. The van der Waals surface area contributed by atoms with Crippen molar-refractivity contribution in [3.8, 4) is 11.5 Å². The van der Waals surface area contributed by atoms with E-state index in [0.29, 0.717) is 22.9 Å². The molecule has 0 unspecified atom stereocenters. The number of hydrogen-bond donors (Lipinski definition) is 0. The van der Waals surface area contributed by atoms with Gasteiger partial charge in [-0.3, -0.25) is 4.57 Å². The molecule has 0 radical (unpaired) electrons. The molecule has 4 aromatic rings. The summed E-state index contributed by atoms with van der Waals surface area (Å²) >= 11 is 0. The summed E-state index contributed by atoms with van der Waals surface area (Å²) in [5.74, 6) is 0.338. The van der Waals surface area contributed by atoms with Crippen molar-refractivity contribution < 1.29 is 8.83 Å². The Labute approximate surface area is 124 Å². The van der Waals surface area contributed by atoms with Gasteiger partial charge in [-0.15, -0.1) is 10.2 Å². The Morgan fingerprint density at radius 3 is 2.55 bits per heavy atom. The first-order valence-electron chi connectivity index (χ1n) is 6.77. The van der Waals surface area contributed by atoms with Crippen LogP contribution in [0.25, 0.3) is 22.6 Å². The van der Waals surface area contributed by atoms with Gasteiger partial charge in [-0.25, -0.2) is 4.79 Å². The number of benzene rings is 2. The van der Waals surface area contributed by atoms with Crippen LogP contribution in [0.1, 0.15) is 5.89 Å². The maximum absolute atomic E-state index is 11.9. The second-order valence-corrected chi connectivity index (χ2v) is 4.79.